The van der Waals surface area contributed by atoms with Gasteiger partial charge < -0.3 is 4.90 Å². The molecule has 2 heterocycles. The molecule has 1 aromatic rings. The summed E-state index contributed by atoms with van der Waals surface area (Å²) in [6.45, 7) is 5.65. The number of amides is 1. The minimum Gasteiger partial charge on any atom is -0.336 e. The molecule has 0 N–H and O–H groups in total. The van der Waals surface area contributed by atoms with Crippen molar-refractivity contribution in [3.8, 4) is 0 Å². The molecule has 1 amide bonds. The third-order valence-corrected chi connectivity index (χ3v) is 6.40. The largest absolute Gasteiger partial charge is 0.336 e. The second kappa shape index (κ2) is 5.66. The Kier molecular flexibility index (Phi) is 3.99. The predicted molar refractivity (Wildman–Crippen MR) is 85.2 cm³/mol. The molecule has 0 spiro atoms. The van der Waals surface area contributed by atoms with Gasteiger partial charge in [0, 0.05) is 32.6 Å². The van der Waals surface area contributed by atoms with E-state index in [2.05, 4.69) is 36.1 Å². The summed E-state index contributed by atoms with van der Waals surface area (Å²) in [5.74, 6) is 0.233. The van der Waals surface area contributed by atoms with Gasteiger partial charge in [0.1, 0.15) is 0 Å². The zero-order valence-corrected chi connectivity index (χ0v) is 13.8. The maximum atomic E-state index is 12.0. The van der Waals surface area contributed by atoms with Crippen molar-refractivity contribution in [1.29, 1.82) is 0 Å². The van der Waals surface area contributed by atoms with E-state index in [0.29, 0.717) is 6.54 Å². The minimum atomic E-state index is -3.06. The third-order valence-electron chi connectivity index (χ3n) is 4.70. The lowest BCUT2D eigenvalue weighted by Crippen LogP contribution is -2.59. The van der Waals surface area contributed by atoms with Crippen molar-refractivity contribution in [3.05, 3.63) is 35.4 Å². The predicted octanol–water partition coefficient (Wildman–Crippen LogP) is 0.825. The highest BCUT2D eigenvalue weighted by Crippen LogP contribution is 2.28. The van der Waals surface area contributed by atoms with Gasteiger partial charge in [-0.1, -0.05) is 29.8 Å². The van der Waals surface area contributed by atoms with Crippen LogP contribution in [0.1, 0.15) is 18.1 Å². The van der Waals surface area contributed by atoms with Gasteiger partial charge >= 0.3 is 0 Å². The van der Waals surface area contributed by atoms with E-state index in [1.165, 1.54) is 18.1 Å². The van der Waals surface area contributed by atoms with Gasteiger partial charge in [-0.25, -0.2) is 8.42 Å². The topological polar surface area (TPSA) is 57.7 Å². The van der Waals surface area contributed by atoms with Gasteiger partial charge in [-0.2, -0.15) is 0 Å². The molecule has 3 rings (SSSR count). The van der Waals surface area contributed by atoms with Crippen LogP contribution in [0.3, 0.4) is 0 Å². The number of fused-ring (bicyclic) bond motifs is 1. The Bertz CT molecular complexity index is 669. The Hall–Kier alpha value is -1.40. The van der Waals surface area contributed by atoms with Crippen molar-refractivity contribution in [2.24, 2.45) is 0 Å². The average molecular weight is 322 g/mol. The van der Waals surface area contributed by atoms with Crippen molar-refractivity contribution in [2.45, 2.75) is 32.5 Å². The fourth-order valence-electron chi connectivity index (χ4n) is 3.54. The number of aryl methyl sites for hydroxylation is 1. The van der Waals surface area contributed by atoms with E-state index < -0.39 is 9.84 Å². The molecule has 1 aromatic carbocycles. The standard InChI is InChI=1S/C16H22N2O3S/c1-12-3-5-14(6-4-12)9-17-7-8-18(13(2)19)16-11-22(20,21)10-15(16)17/h3-6,15-16H,7-11H2,1-2H3/t15-,16+/m1/s1. The maximum absolute atomic E-state index is 12.0. The molecule has 0 saturated carbocycles. The van der Waals surface area contributed by atoms with Crippen LogP contribution in [-0.2, 0) is 21.2 Å². The molecular weight excluding hydrogens is 300 g/mol. The lowest BCUT2D eigenvalue weighted by atomic mass is 10.0. The second-order valence-electron chi connectivity index (χ2n) is 6.38. The van der Waals surface area contributed by atoms with E-state index >= 15 is 0 Å². The van der Waals surface area contributed by atoms with Gasteiger partial charge in [0.2, 0.25) is 5.91 Å². The molecule has 0 aromatic heterocycles. The number of piperazine rings is 1. The van der Waals surface area contributed by atoms with Crippen LogP contribution in [0.5, 0.6) is 0 Å². The first-order valence-corrected chi connectivity index (χ1v) is 9.45. The molecule has 0 aliphatic carbocycles. The number of carbonyl (C=O) groups excluding carboxylic acids is 1. The average Bonchev–Trinajstić information content (AvgIpc) is 2.76. The highest BCUT2D eigenvalue weighted by Gasteiger charge is 2.47. The summed E-state index contributed by atoms with van der Waals surface area (Å²) < 4.78 is 24.1. The second-order valence-corrected chi connectivity index (χ2v) is 8.53. The number of carbonyl (C=O) groups is 1. The van der Waals surface area contributed by atoms with Gasteiger partial charge in [0.05, 0.1) is 17.5 Å². The summed E-state index contributed by atoms with van der Waals surface area (Å²) >= 11 is 0. The number of hydrogen-bond donors (Lipinski definition) is 0. The Balaban J connectivity index is 1.81. The van der Waals surface area contributed by atoms with Gasteiger partial charge in [-0.3, -0.25) is 9.69 Å². The van der Waals surface area contributed by atoms with E-state index in [0.717, 1.165) is 13.1 Å². The lowest BCUT2D eigenvalue weighted by Gasteiger charge is -2.43. The molecule has 22 heavy (non-hydrogen) atoms. The molecule has 0 unspecified atom stereocenters. The van der Waals surface area contributed by atoms with Crippen LogP contribution < -0.4 is 0 Å². The van der Waals surface area contributed by atoms with Crippen LogP contribution in [0.4, 0.5) is 0 Å². The normalized spacial score (nSPS) is 27.6. The molecule has 120 valence electrons. The molecule has 2 atom stereocenters. The molecule has 0 radical (unpaired) electrons. The summed E-state index contributed by atoms with van der Waals surface area (Å²) in [6, 6.07) is 8.05. The Morgan fingerprint density at radius 2 is 1.77 bits per heavy atom. The monoisotopic (exact) mass is 322 g/mol. The van der Waals surface area contributed by atoms with Crippen LogP contribution >= 0.6 is 0 Å². The summed E-state index contributed by atoms with van der Waals surface area (Å²) in [5.41, 5.74) is 2.40. The van der Waals surface area contributed by atoms with Crippen LogP contribution in [0.25, 0.3) is 0 Å². The summed E-state index contributed by atoms with van der Waals surface area (Å²) in [5, 5.41) is 0. The van der Waals surface area contributed by atoms with E-state index in [-0.39, 0.29) is 29.5 Å². The quantitative estimate of drug-likeness (QED) is 0.809. The van der Waals surface area contributed by atoms with Crippen LogP contribution in [-0.4, -0.2) is 60.8 Å². The van der Waals surface area contributed by atoms with E-state index in [1.807, 2.05) is 0 Å². The van der Waals surface area contributed by atoms with E-state index in [9.17, 15) is 13.2 Å². The number of hydrogen-bond acceptors (Lipinski definition) is 4. The SMILES string of the molecule is CC(=O)N1CCN(Cc2ccc(C)cc2)[C@@H]2CS(=O)(=O)C[C@@H]21. The first-order valence-electron chi connectivity index (χ1n) is 7.63. The minimum absolute atomic E-state index is 0.0258. The molecule has 5 nitrogen and oxygen atoms in total. The van der Waals surface area contributed by atoms with Crippen molar-refractivity contribution in [2.75, 3.05) is 24.6 Å². The van der Waals surface area contributed by atoms with Crippen molar-refractivity contribution in [3.63, 3.8) is 0 Å². The lowest BCUT2D eigenvalue weighted by molar-refractivity contribution is -0.134. The Labute approximate surface area is 131 Å². The Morgan fingerprint density at radius 1 is 1.14 bits per heavy atom. The van der Waals surface area contributed by atoms with Crippen molar-refractivity contribution < 1.29 is 13.2 Å². The molecule has 2 aliphatic heterocycles. The molecule has 2 saturated heterocycles. The van der Waals surface area contributed by atoms with Gasteiger partial charge in [0.15, 0.2) is 9.84 Å². The molecule has 6 heteroatoms. The number of benzene rings is 1. The summed E-state index contributed by atoms with van der Waals surface area (Å²) in [7, 11) is -3.06. The molecule has 2 fully saturated rings. The van der Waals surface area contributed by atoms with Crippen molar-refractivity contribution in [1.82, 2.24) is 9.80 Å². The maximum Gasteiger partial charge on any atom is 0.219 e. The van der Waals surface area contributed by atoms with Gasteiger partial charge in [0.25, 0.3) is 0 Å². The van der Waals surface area contributed by atoms with Gasteiger partial charge in [-0.05, 0) is 12.5 Å². The number of rotatable bonds is 2. The van der Waals surface area contributed by atoms with Gasteiger partial charge in [-0.15, -0.1) is 0 Å². The van der Waals surface area contributed by atoms with E-state index in [1.54, 1.807) is 4.90 Å². The zero-order valence-electron chi connectivity index (χ0n) is 13.0. The zero-order chi connectivity index (χ0) is 15.9. The first kappa shape index (κ1) is 15.5. The Morgan fingerprint density at radius 3 is 2.41 bits per heavy atom. The third kappa shape index (κ3) is 3.03. The molecular formula is C16H22N2O3S. The van der Waals surface area contributed by atoms with E-state index in [4.69, 9.17) is 0 Å². The number of sulfone groups is 1. The summed E-state index contributed by atoms with van der Waals surface area (Å²) in [6.07, 6.45) is 0. The van der Waals surface area contributed by atoms with Crippen LogP contribution in [0.15, 0.2) is 24.3 Å². The van der Waals surface area contributed by atoms with Crippen LogP contribution in [0, 0.1) is 6.92 Å². The number of nitrogens with zero attached hydrogens (tertiary/aromatic N) is 2. The first-order chi connectivity index (χ1) is 10.4. The van der Waals surface area contributed by atoms with Crippen molar-refractivity contribution >= 4 is 15.7 Å². The van der Waals surface area contributed by atoms with Crippen LogP contribution in [0.2, 0.25) is 0 Å². The highest BCUT2D eigenvalue weighted by molar-refractivity contribution is 7.91. The smallest absolute Gasteiger partial charge is 0.219 e. The highest BCUT2D eigenvalue weighted by atomic mass is 32.2. The summed E-state index contributed by atoms with van der Waals surface area (Å²) in [4.78, 5) is 15.7. The molecule has 2 aliphatic rings. The molecule has 0 bridgehead atoms. The fourth-order valence-corrected chi connectivity index (χ4v) is 5.55. The fraction of sp³-hybridized carbons (Fsp3) is 0.562.